The molecular formula is C6H10BrNO2. The minimum Gasteiger partial charge on any atom is -0.271 e. The summed E-state index contributed by atoms with van der Waals surface area (Å²) in [5, 5.41) is 1.42. The minimum atomic E-state index is -0.134. The van der Waals surface area contributed by atoms with Crippen LogP contribution in [0.5, 0.6) is 0 Å². The van der Waals surface area contributed by atoms with Crippen molar-refractivity contribution >= 4 is 21.8 Å². The number of rotatable bonds is 1. The lowest BCUT2D eigenvalue weighted by Crippen LogP contribution is -2.31. The van der Waals surface area contributed by atoms with E-state index in [1.54, 1.807) is 6.92 Å². The Morgan fingerprint density at radius 2 is 2.50 bits per heavy atom. The molecule has 0 radical (unpaired) electrons. The van der Waals surface area contributed by atoms with Gasteiger partial charge in [-0.1, -0.05) is 15.9 Å². The van der Waals surface area contributed by atoms with Gasteiger partial charge in [-0.2, -0.15) is 0 Å². The van der Waals surface area contributed by atoms with Crippen LogP contribution in [0.4, 0.5) is 0 Å². The van der Waals surface area contributed by atoms with Crippen molar-refractivity contribution in [3.63, 3.8) is 0 Å². The van der Waals surface area contributed by atoms with Crippen molar-refractivity contribution in [2.75, 3.05) is 13.2 Å². The van der Waals surface area contributed by atoms with Crippen molar-refractivity contribution in [1.82, 2.24) is 5.06 Å². The van der Waals surface area contributed by atoms with Crippen molar-refractivity contribution in [1.29, 1.82) is 0 Å². The number of hydrogen-bond acceptors (Lipinski definition) is 2. The zero-order valence-electron chi connectivity index (χ0n) is 5.84. The van der Waals surface area contributed by atoms with Crippen LogP contribution in [0.15, 0.2) is 0 Å². The quantitative estimate of drug-likeness (QED) is 0.600. The van der Waals surface area contributed by atoms with Gasteiger partial charge in [0.2, 0.25) is 0 Å². The van der Waals surface area contributed by atoms with E-state index in [2.05, 4.69) is 15.9 Å². The molecule has 0 N–H and O–H groups in total. The molecule has 1 atom stereocenters. The average Bonchev–Trinajstić information content (AvgIpc) is 2.36. The highest BCUT2D eigenvalue weighted by Crippen LogP contribution is 2.09. The fourth-order valence-electron chi connectivity index (χ4n) is 0.820. The Balaban J connectivity index is 2.40. The van der Waals surface area contributed by atoms with Gasteiger partial charge >= 0.3 is 0 Å². The largest absolute Gasteiger partial charge is 0.271 e. The van der Waals surface area contributed by atoms with Crippen LogP contribution >= 0.6 is 15.9 Å². The van der Waals surface area contributed by atoms with E-state index in [1.807, 2.05) is 0 Å². The van der Waals surface area contributed by atoms with Gasteiger partial charge < -0.3 is 0 Å². The second-order valence-corrected chi connectivity index (χ2v) is 3.62. The number of alkyl halides is 1. The lowest BCUT2D eigenvalue weighted by molar-refractivity contribution is -0.167. The molecule has 0 aliphatic carbocycles. The van der Waals surface area contributed by atoms with Crippen LogP contribution in [-0.4, -0.2) is 28.9 Å². The van der Waals surface area contributed by atoms with E-state index in [1.165, 1.54) is 5.06 Å². The van der Waals surface area contributed by atoms with Gasteiger partial charge in [0.15, 0.2) is 0 Å². The lowest BCUT2D eigenvalue weighted by atomic mass is 10.4. The zero-order valence-corrected chi connectivity index (χ0v) is 7.43. The van der Waals surface area contributed by atoms with E-state index in [0.717, 1.165) is 13.0 Å². The van der Waals surface area contributed by atoms with Crippen LogP contribution in [0.3, 0.4) is 0 Å². The van der Waals surface area contributed by atoms with Crippen molar-refractivity contribution in [3.05, 3.63) is 0 Å². The topological polar surface area (TPSA) is 29.5 Å². The predicted molar refractivity (Wildman–Crippen MR) is 40.7 cm³/mol. The summed E-state index contributed by atoms with van der Waals surface area (Å²) in [6, 6.07) is 0. The fraction of sp³-hybridized carbons (Fsp3) is 0.833. The number of hydrogen-bond donors (Lipinski definition) is 0. The summed E-state index contributed by atoms with van der Waals surface area (Å²) in [6.45, 7) is 3.20. The summed E-state index contributed by atoms with van der Waals surface area (Å²) in [6.07, 6.45) is 0.950. The van der Waals surface area contributed by atoms with Crippen LogP contribution < -0.4 is 0 Å². The maximum absolute atomic E-state index is 11.1. The van der Waals surface area contributed by atoms with Crippen LogP contribution in [-0.2, 0) is 9.63 Å². The Morgan fingerprint density at radius 1 is 1.80 bits per heavy atom. The monoisotopic (exact) mass is 207 g/mol. The molecule has 1 aliphatic heterocycles. The fourth-order valence-corrected chi connectivity index (χ4v) is 1.05. The third-order valence-corrected chi connectivity index (χ3v) is 1.73. The molecule has 1 unspecified atom stereocenters. The van der Waals surface area contributed by atoms with E-state index in [-0.39, 0.29) is 10.7 Å². The number of carbonyl (C=O) groups is 1. The molecule has 0 saturated carbocycles. The van der Waals surface area contributed by atoms with E-state index in [0.29, 0.717) is 6.61 Å². The van der Waals surface area contributed by atoms with E-state index >= 15 is 0 Å². The molecule has 1 saturated heterocycles. The molecule has 1 aliphatic rings. The first-order valence-corrected chi connectivity index (χ1v) is 4.22. The van der Waals surface area contributed by atoms with Crippen LogP contribution in [0.1, 0.15) is 13.3 Å². The van der Waals surface area contributed by atoms with Gasteiger partial charge in [-0.05, 0) is 13.3 Å². The highest BCUT2D eigenvalue weighted by molar-refractivity contribution is 9.10. The molecule has 1 amide bonds. The Hall–Kier alpha value is -0.0900. The molecular weight excluding hydrogens is 198 g/mol. The summed E-state index contributed by atoms with van der Waals surface area (Å²) in [5.74, 6) is 0.0116. The highest BCUT2D eigenvalue weighted by Gasteiger charge is 2.22. The van der Waals surface area contributed by atoms with Crippen LogP contribution in [0, 0.1) is 0 Å². The molecule has 3 nitrogen and oxygen atoms in total. The molecule has 4 heteroatoms. The molecule has 1 fully saturated rings. The molecule has 0 spiro atoms. The summed E-state index contributed by atoms with van der Waals surface area (Å²) >= 11 is 3.18. The standard InChI is InChI=1S/C6H10BrNO2/c1-5(7)6(9)8-3-2-4-10-8/h5H,2-4H2,1H3. The first kappa shape index (κ1) is 8.01. The van der Waals surface area contributed by atoms with Gasteiger partial charge in [-0.15, -0.1) is 0 Å². The lowest BCUT2D eigenvalue weighted by Gasteiger charge is -2.14. The van der Waals surface area contributed by atoms with Crippen molar-refractivity contribution < 1.29 is 9.63 Å². The molecule has 58 valence electrons. The van der Waals surface area contributed by atoms with Crippen molar-refractivity contribution in [2.45, 2.75) is 18.2 Å². The van der Waals surface area contributed by atoms with Gasteiger partial charge in [0.25, 0.3) is 5.91 Å². The molecule has 1 rings (SSSR count). The maximum atomic E-state index is 11.1. The van der Waals surface area contributed by atoms with Crippen LogP contribution in [0.2, 0.25) is 0 Å². The summed E-state index contributed by atoms with van der Waals surface area (Å²) in [5.41, 5.74) is 0. The van der Waals surface area contributed by atoms with Gasteiger partial charge in [-0.25, -0.2) is 5.06 Å². The SMILES string of the molecule is CC(Br)C(=O)N1CCCO1. The summed E-state index contributed by atoms with van der Waals surface area (Å²) in [4.78, 5) is 16.0. The minimum absolute atomic E-state index is 0.0116. The second-order valence-electron chi connectivity index (χ2n) is 2.24. The average molecular weight is 208 g/mol. The Morgan fingerprint density at radius 3 is 2.90 bits per heavy atom. The normalized spacial score (nSPS) is 21.2. The first-order valence-electron chi connectivity index (χ1n) is 3.30. The first-order chi connectivity index (χ1) is 4.72. The van der Waals surface area contributed by atoms with Crippen molar-refractivity contribution in [2.24, 2.45) is 0 Å². The van der Waals surface area contributed by atoms with E-state index < -0.39 is 0 Å². The number of hydroxylamine groups is 2. The Bertz CT molecular complexity index is 132. The number of halogens is 1. The van der Waals surface area contributed by atoms with Crippen molar-refractivity contribution in [3.8, 4) is 0 Å². The molecule has 10 heavy (non-hydrogen) atoms. The van der Waals surface area contributed by atoms with E-state index in [4.69, 9.17) is 4.84 Å². The predicted octanol–water partition coefficient (Wildman–Crippen LogP) is 0.934. The van der Waals surface area contributed by atoms with Gasteiger partial charge in [0.05, 0.1) is 18.0 Å². The van der Waals surface area contributed by atoms with Gasteiger partial charge in [-0.3, -0.25) is 9.63 Å². The number of amides is 1. The number of nitrogens with zero attached hydrogens (tertiary/aromatic N) is 1. The van der Waals surface area contributed by atoms with Gasteiger partial charge in [0, 0.05) is 0 Å². The van der Waals surface area contributed by atoms with Gasteiger partial charge in [0.1, 0.15) is 0 Å². The van der Waals surface area contributed by atoms with Crippen LogP contribution in [0.25, 0.3) is 0 Å². The number of carbonyl (C=O) groups excluding carboxylic acids is 1. The second kappa shape index (κ2) is 3.34. The summed E-state index contributed by atoms with van der Waals surface area (Å²) < 4.78 is 0. The zero-order chi connectivity index (χ0) is 7.56. The molecule has 0 bridgehead atoms. The Labute approximate surface area is 68.4 Å². The molecule has 1 heterocycles. The third-order valence-electron chi connectivity index (χ3n) is 1.34. The molecule has 0 aromatic heterocycles. The third kappa shape index (κ3) is 1.70. The van der Waals surface area contributed by atoms with E-state index in [9.17, 15) is 4.79 Å². The molecule has 0 aromatic rings. The Kier molecular flexibility index (Phi) is 2.68. The summed E-state index contributed by atoms with van der Waals surface area (Å²) in [7, 11) is 0. The highest BCUT2D eigenvalue weighted by atomic mass is 79.9. The molecule has 0 aromatic carbocycles. The smallest absolute Gasteiger partial charge is 0.259 e. The maximum Gasteiger partial charge on any atom is 0.259 e.